The molecule has 0 N–H and O–H groups in total. The van der Waals surface area contributed by atoms with Crippen molar-refractivity contribution in [2.45, 2.75) is 49.3 Å². The summed E-state index contributed by atoms with van der Waals surface area (Å²) in [6.45, 7) is 7.71. The summed E-state index contributed by atoms with van der Waals surface area (Å²) in [7, 11) is 1.66. The van der Waals surface area contributed by atoms with Gasteiger partial charge in [0.15, 0.2) is 16.0 Å². The van der Waals surface area contributed by atoms with Crippen molar-refractivity contribution in [2.75, 3.05) is 13.7 Å². The van der Waals surface area contributed by atoms with Crippen LogP contribution in [-0.4, -0.2) is 38.4 Å². The fourth-order valence-corrected chi connectivity index (χ4v) is 4.18. The van der Waals surface area contributed by atoms with Crippen LogP contribution < -0.4 is 0 Å². The van der Waals surface area contributed by atoms with E-state index < -0.39 is 4.92 Å². The molecular weight excluding hydrogens is 482 g/mol. The molecule has 0 fully saturated rings. The minimum atomic E-state index is -0.447. The molecule has 1 aromatic carbocycles. The topological polar surface area (TPSA) is 96.0 Å². The Labute approximate surface area is 193 Å². The average Bonchev–Trinajstić information content (AvgIpc) is 3.11. The first-order valence-electron chi connectivity index (χ1n) is 9.71. The number of benzene rings is 1. The molecule has 3 aromatic rings. The van der Waals surface area contributed by atoms with E-state index in [2.05, 4.69) is 64.0 Å². The van der Waals surface area contributed by atoms with E-state index in [4.69, 9.17) is 4.74 Å². The van der Waals surface area contributed by atoms with Crippen LogP contribution in [0.3, 0.4) is 0 Å². The lowest BCUT2D eigenvalue weighted by Crippen LogP contribution is -2.10. The van der Waals surface area contributed by atoms with Gasteiger partial charge in [-0.15, -0.1) is 10.2 Å². The van der Waals surface area contributed by atoms with E-state index in [0.717, 1.165) is 23.7 Å². The van der Waals surface area contributed by atoms with Crippen molar-refractivity contribution in [1.82, 2.24) is 19.7 Å². The van der Waals surface area contributed by atoms with Crippen LogP contribution in [0.1, 0.15) is 32.8 Å². The van der Waals surface area contributed by atoms with E-state index in [0.29, 0.717) is 28.6 Å². The quantitative estimate of drug-likeness (QED) is 0.226. The number of ether oxygens (including phenoxy) is 1. The molecule has 10 heteroatoms. The predicted octanol–water partition coefficient (Wildman–Crippen LogP) is 5.50. The van der Waals surface area contributed by atoms with Gasteiger partial charge in [0.1, 0.15) is 0 Å². The molecule has 0 aliphatic heterocycles. The van der Waals surface area contributed by atoms with E-state index in [1.807, 2.05) is 16.7 Å². The highest BCUT2D eigenvalue weighted by Crippen LogP contribution is 2.35. The van der Waals surface area contributed by atoms with Gasteiger partial charge in [0.2, 0.25) is 0 Å². The lowest BCUT2D eigenvalue weighted by atomic mass is 9.87. The summed E-state index contributed by atoms with van der Waals surface area (Å²) < 4.78 is 7.70. The molecule has 0 bridgehead atoms. The number of aromatic nitrogens is 4. The molecule has 0 aliphatic carbocycles. The maximum Gasteiger partial charge on any atom is 0.302 e. The third kappa shape index (κ3) is 5.69. The third-order valence-electron chi connectivity index (χ3n) is 4.64. The lowest BCUT2D eigenvalue weighted by Gasteiger charge is -2.19. The first kappa shape index (κ1) is 23.4. The van der Waals surface area contributed by atoms with E-state index in [1.165, 1.54) is 17.8 Å². The fourth-order valence-electron chi connectivity index (χ4n) is 2.98. The van der Waals surface area contributed by atoms with Crippen LogP contribution in [0.5, 0.6) is 0 Å². The number of nitrogens with zero attached hydrogens (tertiary/aromatic N) is 5. The second kappa shape index (κ2) is 9.88. The van der Waals surface area contributed by atoms with Gasteiger partial charge >= 0.3 is 5.69 Å². The number of hydrogen-bond acceptors (Lipinski definition) is 7. The summed E-state index contributed by atoms with van der Waals surface area (Å²) in [5.74, 6) is 0.707. The zero-order valence-electron chi connectivity index (χ0n) is 17.8. The number of hydrogen-bond donors (Lipinski definition) is 0. The molecule has 0 saturated carbocycles. The smallest absolute Gasteiger partial charge is 0.302 e. The van der Waals surface area contributed by atoms with Crippen molar-refractivity contribution >= 4 is 33.4 Å². The molecule has 2 heterocycles. The second-order valence-corrected chi connectivity index (χ2v) is 9.84. The fraction of sp³-hybridized carbons (Fsp3) is 0.381. The number of methoxy groups -OCH3 is 1. The number of rotatable bonds is 8. The summed E-state index contributed by atoms with van der Waals surface area (Å²) in [6, 6.07) is 9.69. The van der Waals surface area contributed by atoms with Gasteiger partial charge in [-0.05, 0) is 45.1 Å². The zero-order chi connectivity index (χ0) is 22.6. The van der Waals surface area contributed by atoms with Gasteiger partial charge in [-0.2, -0.15) is 0 Å². The van der Waals surface area contributed by atoms with Crippen molar-refractivity contribution in [1.29, 1.82) is 0 Å². The summed E-state index contributed by atoms with van der Waals surface area (Å²) >= 11 is 4.37. The Hall–Kier alpha value is -2.30. The SMILES string of the molecule is COCCCn1c(Sc2ncc(Br)cc2[N+](=O)[O-])nnc1-c1ccc(C(C)(C)C)cc1. The Morgan fingerprint density at radius 1 is 1.23 bits per heavy atom. The highest BCUT2D eigenvalue weighted by molar-refractivity contribution is 9.10. The molecule has 3 rings (SSSR count). The normalized spacial score (nSPS) is 11.6. The van der Waals surface area contributed by atoms with E-state index in [-0.39, 0.29) is 16.1 Å². The van der Waals surface area contributed by atoms with Crippen LogP contribution in [0.4, 0.5) is 5.69 Å². The van der Waals surface area contributed by atoms with Crippen LogP contribution in [-0.2, 0) is 16.7 Å². The predicted molar refractivity (Wildman–Crippen MR) is 123 cm³/mol. The average molecular weight is 506 g/mol. The van der Waals surface area contributed by atoms with Gasteiger partial charge in [-0.3, -0.25) is 10.1 Å². The van der Waals surface area contributed by atoms with Crippen molar-refractivity contribution in [2.24, 2.45) is 0 Å². The molecule has 2 aromatic heterocycles. The number of halogens is 1. The minimum Gasteiger partial charge on any atom is -0.385 e. The molecule has 0 saturated heterocycles. The highest BCUT2D eigenvalue weighted by Gasteiger charge is 2.22. The van der Waals surface area contributed by atoms with Crippen LogP contribution in [0.15, 0.2) is 51.2 Å². The Bertz CT molecular complexity index is 1060. The molecule has 164 valence electrons. The minimum absolute atomic E-state index is 0.0534. The second-order valence-electron chi connectivity index (χ2n) is 7.97. The van der Waals surface area contributed by atoms with Crippen molar-refractivity contribution in [3.63, 3.8) is 0 Å². The van der Waals surface area contributed by atoms with Crippen LogP contribution in [0.2, 0.25) is 0 Å². The summed E-state index contributed by atoms with van der Waals surface area (Å²) in [5, 5.41) is 21.0. The Morgan fingerprint density at radius 2 is 1.94 bits per heavy atom. The van der Waals surface area contributed by atoms with Gasteiger partial charge in [0.25, 0.3) is 0 Å². The van der Waals surface area contributed by atoms with Crippen LogP contribution >= 0.6 is 27.7 Å². The first-order chi connectivity index (χ1) is 14.7. The molecule has 31 heavy (non-hydrogen) atoms. The molecular formula is C21H24BrN5O3S. The molecule has 0 radical (unpaired) electrons. The lowest BCUT2D eigenvalue weighted by molar-refractivity contribution is -0.388. The summed E-state index contributed by atoms with van der Waals surface area (Å²) in [4.78, 5) is 15.2. The Morgan fingerprint density at radius 3 is 2.55 bits per heavy atom. The molecule has 0 unspecified atom stereocenters. The van der Waals surface area contributed by atoms with E-state index in [1.54, 1.807) is 7.11 Å². The first-order valence-corrected chi connectivity index (χ1v) is 11.3. The van der Waals surface area contributed by atoms with Gasteiger partial charge in [-0.25, -0.2) is 4.98 Å². The summed E-state index contributed by atoms with van der Waals surface area (Å²) in [5.41, 5.74) is 2.13. The maximum absolute atomic E-state index is 11.5. The van der Waals surface area contributed by atoms with E-state index >= 15 is 0 Å². The Balaban J connectivity index is 1.99. The standard InChI is InChI=1S/C21H24BrN5O3S/c1-21(2,3)15-8-6-14(7-9-15)18-24-25-20(26(18)10-5-11-30-4)31-19-17(27(28)29)12-16(22)13-23-19/h6-9,12-13H,5,10-11H2,1-4H3. The molecule has 8 nitrogen and oxygen atoms in total. The maximum atomic E-state index is 11.5. The van der Waals surface area contributed by atoms with Gasteiger partial charge in [0.05, 0.1) is 4.92 Å². The molecule has 0 amide bonds. The van der Waals surface area contributed by atoms with Gasteiger partial charge < -0.3 is 9.30 Å². The summed E-state index contributed by atoms with van der Waals surface area (Å²) in [6.07, 6.45) is 2.29. The number of nitro groups is 1. The third-order valence-corrected chi connectivity index (χ3v) is 6.07. The monoisotopic (exact) mass is 505 g/mol. The largest absolute Gasteiger partial charge is 0.385 e. The van der Waals surface area contributed by atoms with E-state index in [9.17, 15) is 10.1 Å². The van der Waals surface area contributed by atoms with Crippen molar-refractivity contribution < 1.29 is 9.66 Å². The van der Waals surface area contributed by atoms with Gasteiger partial charge in [-0.1, -0.05) is 45.0 Å². The Kier molecular flexibility index (Phi) is 7.45. The van der Waals surface area contributed by atoms with Gasteiger partial charge in [0, 0.05) is 42.6 Å². The van der Waals surface area contributed by atoms with Crippen molar-refractivity contribution in [3.05, 3.63) is 56.7 Å². The zero-order valence-corrected chi connectivity index (χ0v) is 20.2. The van der Waals surface area contributed by atoms with Crippen LogP contribution in [0, 0.1) is 10.1 Å². The molecule has 0 spiro atoms. The van der Waals surface area contributed by atoms with Crippen molar-refractivity contribution in [3.8, 4) is 11.4 Å². The number of pyridine rings is 1. The molecule has 0 atom stereocenters. The van der Waals surface area contributed by atoms with Crippen LogP contribution in [0.25, 0.3) is 11.4 Å². The highest BCUT2D eigenvalue weighted by atomic mass is 79.9. The molecule has 0 aliphatic rings.